The third kappa shape index (κ3) is 5.07. The van der Waals surface area contributed by atoms with E-state index in [2.05, 4.69) is 39.9 Å². The van der Waals surface area contributed by atoms with Crippen molar-refractivity contribution in [3.05, 3.63) is 59.8 Å². The van der Waals surface area contributed by atoms with Crippen molar-refractivity contribution in [3.8, 4) is 0 Å². The van der Waals surface area contributed by atoms with Crippen LogP contribution in [0, 0.1) is 5.92 Å². The molecule has 1 amide bonds. The molecule has 0 spiro atoms. The molecule has 130 valence electrons. The molecule has 1 aliphatic rings. The minimum Gasteiger partial charge on any atom is -0.383 e. The number of amides is 1. The molecule has 4 nitrogen and oxygen atoms in total. The average Bonchev–Trinajstić information content (AvgIpc) is 3.12. The number of benzene rings is 1. The van der Waals surface area contributed by atoms with Gasteiger partial charge in [-0.1, -0.05) is 35.9 Å². The van der Waals surface area contributed by atoms with E-state index in [1.165, 1.54) is 0 Å². The number of anilines is 1. The van der Waals surface area contributed by atoms with E-state index in [9.17, 15) is 4.79 Å². The number of hydrogen-bond acceptors (Lipinski definition) is 3. The predicted molar refractivity (Wildman–Crippen MR) is 104 cm³/mol. The van der Waals surface area contributed by atoms with Gasteiger partial charge in [0.25, 0.3) is 0 Å². The molecule has 0 saturated carbocycles. The number of aromatic nitrogens is 1. The molecule has 25 heavy (non-hydrogen) atoms. The molecule has 1 aromatic heterocycles. The standard InChI is InChI=1S/C20H22ClN3O/c21-16-8-9-17-18(10-11-22-19(17)14-16)23-12-13-24-20(25)7-3-6-15-4-1-2-5-15/h1-2,4-5,8-11,14-15H,3,6-7,12-13H2,(H,22,23)(H,24,25). The Kier molecular flexibility index (Phi) is 6.07. The molecule has 0 aliphatic heterocycles. The second-order valence-corrected chi connectivity index (χ2v) is 6.56. The number of carbonyl (C=O) groups excluding carboxylic acids is 1. The highest BCUT2D eigenvalue weighted by Gasteiger charge is 2.06. The van der Waals surface area contributed by atoms with Gasteiger partial charge in [0.2, 0.25) is 5.91 Å². The highest BCUT2D eigenvalue weighted by atomic mass is 35.5. The Bertz CT molecular complexity index is 789. The van der Waals surface area contributed by atoms with Crippen LogP contribution in [-0.4, -0.2) is 24.0 Å². The number of pyridine rings is 1. The molecule has 0 unspecified atom stereocenters. The molecule has 0 radical (unpaired) electrons. The van der Waals surface area contributed by atoms with E-state index in [1.54, 1.807) is 6.20 Å². The topological polar surface area (TPSA) is 54.0 Å². The Morgan fingerprint density at radius 3 is 2.84 bits per heavy atom. The van der Waals surface area contributed by atoms with Crippen molar-refractivity contribution in [2.24, 2.45) is 5.92 Å². The van der Waals surface area contributed by atoms with Crippen molar-refractivity contribution >= 4 is 34.1 Å². The van der Waals surface area contributed by atoms with E-state index in [1.807, 2.05) is 24.3 Å². The van der Waals surface area contributed by atoms with Crippen LogP contribution < -0.4 is 10.6 Å². The lowest BCUT2D eigenvalue weighted by molar-refractivity contribution is -0.121. The fourth-order valence-electron chi connectivity index (χ4n) is 2.93. The van der Waals surface area contributed by atoms with E-state index >= 15 is 0 Å². The van der Waals surface area contributed by atoms with E-state index in [0.29, 0.717) is 30.5 Å². The number of hydrogen-bond donors (Lipinski definition) is 2. The van der Waals surface area contributed by atoms with Gasteiger partial charge in [0.05, 0.1) is 5.52 Å². The lowest BCUT2D eigenvalue weighted by Crippen LogP contribution is -2.28. The second-order valence-electron chi connectivity index (χ2n) is 6.12. The Balaban J connectivity index is 1.39. The normalized spacial score (nSPS) is 13.5. The SMILES string of the molecule is O=C(CCCC1C=CC=C1)NCCNc1ccnc2cc(Cl)ccc12. The van der Waals surface area contributed by atoms with Crippen LogP contribution in [0.4, 0.5) is 5.69 Å². The third-order valence-electron chi connectivity index (χ3n) is 4.24. The van der Waals surface area contributed by atoms with Gasteiger partial charge in [-0.25, -0.2) is 0 Å². The highest BCUT2D eigenvalue weighted by molar-refractivity contribution is 6.31. The highest BCUT2D eigenvalue weighted by Crippen LogP contribution is 2.24. The summed E-state index contributed by atoms with van der Waals surface area (Å²) in [5, 5.41) is 8.01. The van der Waals surface area contributed by atoms with Gasteiger partial charge in [-0.2, -0.15) is 0 Å². The van der Waals surface area contributed by atoms with Crippen molar-refractivity contribution in [2.45, 2.75) is 19.3 Å². The summed E-state index contributed by atoms with van der Waals surface area (Å²) in [7, 11) is 0. The van der Waals surface area contributed by atoms with Crippen molar-refractivity contribution in [1.82, 2.24) is 10.3 Å². The van der Waals surface area contributed by atoms with Crippen molar-refractivity contribution < 1.29 is 4.79 Å². The number of nitrogens with zero attached hydrogens (tertiary/aromatic N) is 1. The maximum absolute atomic E-state index is 11.9. The minimum absolute atomic E-state index is 0.110. The largest absolute Gasteiger partial charge is 0.383 e. The molecule has 1 aromatic carbocycles. The van der Waals surface area contributed by atoms with Gasteiger partial charge in [-0.3, -0.25) is 9.78 Å². The summed E-state index contributed by atoms with van der Waals surface area (Å²) >= 11 is 6.00. The molecule has 2 N–H and O–H groups in total. The number of fused-ring (bicyclic) bond motifs is 1. The van der Waals surface area contributed by atoms with Crippen LogP contribution >= 0.6 is 11.6 Å². The summed E-state index contributed by atoms with van der Waals surface area (Å²) in [4.78, 5) is 16.2. The van der Waals surface area contributed by atoms with Crippen LogP contribution in [0.1, 0.15) is 19.3 Å². The number of allylic oxidation sites excluding steroid dienone is 4. The monoisotopic (exact) mass is 355 g/mol. The van der Waals surface area contributed by atoms with Crippen molar-refractivity contribution in [2.75, 3.05) is 18.4 Å². The zero-order valence-corrected chi connectivity index (χ0v) is 14.8. The molecule has 2 aromatic rings. The lowest BCUT2D eigenvalue weighted by Gasteiger charge is -2.11. The summed E-state index contributed by atoms with van der Waals surface area (Å²) in [6.45, 7) is 1.26. The lowest BCUT2D eigenvalue weighted by atomic mass is 10.0. The zero-order valence-electron chi connectivity index (χ0n) is 14.0. The first-order valence-electron chi connectivity index (χ1n) is 8.62. The smallest absolute Gasteiger partial charge is 0.220 e. The molecule has 0 bridgehead atoms. The number of carbonyl (C=O) groups is 1. The van der Waals surface area contributed by atoms with E-state index in [4.69, 9.17) is 11.6 Å². The van der Waals surface area contributed by atoms with Gasteiger partial charge in [0.15, 0.2) is 0 Å². The minimum atomic E-state index is 0.110. The van der Waals surface area contributed by atoms with Gasteiger partial charge in [-0.15, -0.1) is 0 Å². The summed E-state index contributed by atoms with van der Waals surface area (Å²) in [6.07, 6.45) is 12.8. The summed E-state index contributed by atoms with van der Waals surface area (Å²) in [5.74, 6) is 0.613. The van der Waals surface area contributed by atoms with Crippen LogP contribution in [0.5, 0.6) is 0 Å². The fourth-order valence-corrected chi connectivity index (χ4v) is 3.10. The first kappa shape index (κ1) is 17.5. The zero-order chi connectivity index (χ0) is 17.5. The van der Waals surface area contributed by atoms with Crippen LogP contribution in [0.25, 0.3) is 10.9 Å². The number of halogens is 1. The molecule has 5 heteroatoms. The molecule has 3 rings (SSSR count). The molecule has 0 fully saturated rings. The van der Waals surface area contributed by atoms with Crippen molar-refractivity contribution in [3.63, 3.8) is 0 Å². The maximum atomic E-state index is 11.9. The second kappa shape index (κ2) is 8.67. The summed E-state index contributed by atoms with van der Waals surface area (Å²) in [6, 6.07) is 7.59. The summed E-state index contributed by atoms with van der Waals surface area (Å²) < 4.78 is 0. The Morgan fingerprint density at radius 2 is 2.00 bits per heavy atom. The van der Waals surface area contributed by atoms with Gasteiger partial charge in [-0.05, 0) is 43.0 Å². The quantitative estimate of drug-likeness (QED) is 0.693. The van der Waals surface area contributed by atoms with Gasteiger partial charge in [0.1, 0.15) is 0 Å². The molecule has 1 aliphatic carbocycles. The van der Waals surface area contributed by atoms with Gasteiger partial charge in [0, 0.05) is 41.8 Å². The summed E-state index contributed by atoms with van der Waals surface area (Å²) in [5.41, 5.74) is 1.85. The van der Waals surface area contributed by atoms with Crippen LogP contribution in [0.15, 0.2) is 54.8 Å². The van der Waals surface area contributed by atoms with E-state index in [0.717, 1.165) is 29.4 Å². The third-order valence-corrected chi connectivity index (χ3v) is 4.47. The fraction of sp³-hybridized carbons (Fsp3) is 0.300. The first-order chi connectivity index (χ1) is 12.2. The van der Waals surface area contributed by atoms with E-state index < -0.39 is 0 Å². The molecule has 1 heterocycles. The number of rotatable bonds is 8. The molecule has 0 atom stereocenters. The Labute approximate surface area is 153 Å². The van der Waals surface area contributed by atoms with Gasteiger partial charge < -0.3 is 10.6 Å². The van der Waals surface area contributed by atoms with Crippen LogP contribution in [0.3, 0.4) is 0 Å². The Morgan fingerprint density at radius 1 is 1.16 bits per heavy atom. The molecular weight excluding hydrogens is 334 g/mol. The van der Waals surface area contributed by atoms with Crippen LogP contribution in [0.2, 0.25) is 5.02 Å². The van der Waals surface area contributed by atoms with E-state index in [-0.39, 0.29) is 5.91 Å². The van der Waals surface area contributed by atoms with Gasteiger partial charge >= 0.3 is 0 Å². The number of nitrogens with one attached hydrogen (secondary N) is 2. The predicted octanol–water partition coefficient (Wildman–Crippen LogP) is 4.33. The average molecular weight is 356 g/mol. The van der Waals surface area contributed by atoms with Crippen molar-refractivity contribution in [1.29, 1.82) is 0 Å². The van der Waals surface area contributed by atoms with Crippen LogP contribution in [-0.2, 0) is 4.79 Å². The molecule has 0 saturated heterocycles. The molecular formula is C20H22ClN3O. The Hall–Kier alpha value is -2.33. The first-order valence-corrected chi connectivity index (χ1v) is 9.00. The maximum Gasteiger partial charge on any atom is 0.220 e.